The van der Waals surface area contributed by atoms with Crippen molar-refractivity contribution in [3.05, 3.63) is 22.4 Å². The molecule has 134 valence electrons. The average molecular weight is 351 g/mol. The average Bonchev–Trinajstić information content (AvgIpc) is 3.07. The molecule has 2 rings (SSSR count). The summed E-state index contributed by atoms with van der Waals surface area (Å²) in [6, 6.07) is 3.74. The highest BCUT2D eigenvalue weighted by Crippen LogP contribution is 2.20. The number of amides is 1. The molecule has 2 N–H and O–H groups in total. The Hall–Kier alpha value is -1.56. The van der Waals surface area contributed by atoms with Gasteiger partial charge in [0.1, 0.15) is 0 Å². The summed E-state index contributed by atoms with van der Waals surface area (Å²) in [5.74, 6) is 2.45. The minimum absolute atomic E-state index is 0.0135. The van der Waals surface area contributed by atoms with Crippen molar-refractivity contribution in [2.45, 2.75) is 33.6 Å². The molecule has 2 atom stereocenters. The zero-order valence-corrected chi connectivity index (χ0v) is 15.9. The van der Waals surface area contributed by atoms with Gasteiger partial charge < -0.3 is 15.5 Å². The fraction of sp³-hybridized carbons (Fsp3) is 0.667. The number of likely N-dealkylation sites (tertiary alicyclic amines) is 1. The van der Waals surface area contributed by atoms with Crippen LogP contribution >= 0.6 is 11.3 Å². The van der Waals surface area contributed by atoms with Crippen molar-refractivity contribution in [2.75, 3.05) is 32.7 Å². The maximum atomic E-state index is 11.9. The van der Waals surface area contributed by atoms with Crippen molar-refractivity contribution in [1.29, 1.82) is 0 Å². The van der Waals surface area contributed by atoms with Gasteiger partial charge in [-0.2, -0.15) is 0 Å². The van der Waals surface area contributed by atoms with Crippen LogP contribution in [0.4, 0.5) is 0 Å². The lowest BCUT2D eigenvalue weighted by atomic mass is 9.92. The van der Waals surface area contributed by atoms with E-state index in [-0.39, 0.29) is 5.91 Å². The molecule has 1 saturated heterocycles. The highest BCUT2D eigenvalue weighted by atomic mass is 32.1. The van der Waals surface area contributed by atoms with Gasteiger partial charge in [0, 0.05) is 32.7 Å². The minimum Gasteiger partial charge on any atom is -0.357 e. The monoisotopic (exact) mass is 350 g/mol. The highest BCUT2D eigenvalue weighted by Gasteiger charge is 2.23. The third-order valence-corrected chi connectivity index (χ3v) is 5.00. The summed E-state index contributed by atoms with van der Waals surface area (Å²) >= 11 is 1.47. The van der Waals surface area contributed by atoms with E-state index < -0.39 is 0 Å². The van der Waals surface area contributed by atoms with E-state index in [1.54, 1.807) is 0 Å². The van der Waals surface area contributed by atoms with Gasteiger partial charge in [-0.25, -0.2) is 0 Å². The number of guanidine groups is 1. The van der Waals surface area contributed by atoms with Crippen LogP contribution in [0.25, 0.3) is 0 Å². The van der Waals surface area contributed by atoms with Crippen LogP contribution in [0.1, 0.15) is 43.3 Å². The molecule has 0 saturated carbocycles. The van der Waals surface area contributed by atoms with E-state index in [0.29, 0.717) is 18.4 Å². The minimum atomic E-state index is 0.0135. The van der Waals surface area contributed by atoms with Crippen molar-refractivity contribution >= 4 is 23.2 Å². The molecule has 2 heterocycles. The van der Waals surface area contributed by atoms with Gasteiger partial charge in [-0.3, -0.25) is 9.79 Å². The van der Waals surface area contributed by atoms with E-state index in [2.05, 4.69) is 36.3 Å². The van der Waals surface area contributed by atoms with Crippen LogP contribution in [-0.2, 0) is 0 Å². The quantitative estimate of drug-likeness (QED) is 0.471. The van der Waals surface area contributed by atoms with Crippen LogP contribution in [0.3, 0.4) is 0 Å². The molecule has 1 amide bonds. The standard InChI is InChI=1S/C18H30N4OS/c1-4-19-18(22-12-14(2)11-15(3)13-22)21-9-6-8-20-17(23)16-7-5-10-24-16/h5,7,10,14-15H,4,6,8-9,11-13H2,1-3H3,(H,19,21)(H,20,23). The fourth-order valence-electron chi connectivity index (χ4n) is 3.22. The summed E-state index contributed by atoms with van der Waals surface area (Å²) in [7, 11) is 0. The van der Waals surface area contributed by atoms with Gasteiger partial charge >= 0.3 is 0 Å². The largest absolute Gasteiger partial charge is 0.357 e. The number of hydrogen-bond acceptors (Lipinski definition) is 3. The number of aliphatic imine (C=N–C) groups is 1. The van der Waals surface area contributed by atoms with Crippen LogP contribution in [0.2, 0.25) is 0 Å². The first-order valence-electron chi connectivity index (χ1n) is 8.95. The lowest BCUT2D eigenvalue weighted by molar-refractivity contribution is 0.0957. The molecular weight excluding hydrogens is 320 g/mol. The zero-order valence-electron chi connectivity index (χ0n) is 15.0. The Bertz CT molecular complexity index is 519. The summed E-state index contributed by atoms with van der Waals surface area (Å²) < 4.78 is 0. The van der Waals surface area contributed by atoms with E-state index in [1.165, 1.54) is 17.8 Å². The summed E-state index contributed by atoms with van der Waals surface area (Å²) in [6.45, 7) is 11.1. The van der Waals surface area contributed by atoms with Gasteiger partial charge in [0.2, 0.25) is 0 Å². The third kappa shape index (κ3) is 5.82. The van der Waals surface area contributed by atoms with Crippen LogP contribution in [0.15, 0.2) is 22.5 Å². The second-order valence-corrected chi connectivity index (χ2v) is 7.62. The normalized spacial score (nSPS) is 21.6. The van der Waals surface area contributed by atoms with Crippen molar-refractivity contribution in [2.24, 2.45) is 16.8 Å². The van der Waals surface area contributed by atoms with Gasteiger partial charge in [-0.15, -0.1) is 11.3 Å². The molecule has 0 aromatic carbocycles. The Morgan fingerprint density at radius 3 is 2.71 bits per heavy atom. The van der Waals surface area contributed by atoms with Gasteiger partial charge in [0.15, 0.2) is 5.96 Å². The Morgan fingerprint density at radius 2 is 2.08 bits per heavy atom. The number of nitrogens with zero attached hydrogens (tertiary/aromatic N) is 2. The van der Waals surface area contributed by atoms with E-state index in [4.69, 9.17) is 4.99 Å². The van der Waals surface area contributed by atoms with Crippen LogP contribution in [-0.4, -0.2) is 49.5 Å². The first kappa shape index (κ1) is 18.8. The van der Waals surface area contributed by atoms with Crippen LogP contribution in [0.5, 0.6) is 0 Å². The molecule has 1 aromatic rings. The van der Waals surface area contributed by atoms with Crippen molar-refractivity contribution < 1.29 is 4.79 Å². The molecule has 0 spiro atoms. The predicted octanol–water partition coefficient (Wildman–Crippen LogP) is 2.81. The predicted molar refractivity (Wildman–Crippen MR) is 102 cm³/mol. The molecule has 5 nitrogen and oxygen atoms in total. The van der Waals surface area contributed by atoms with Crippen LogP contribution < -0.4 is 10.6 Å². The first-order chi connectivity index (χ1) is 11.6. The van der Waals surface area contributed by atoms with Gasteiger partial charge in [0.25, 0.3) is 5.91 Å². The fourth-order valence-corrected chi connectivity index (χ4v) is 3.86. The first-order valence-corrected chi connectivity index (χ1v) is 9.83. The van der Waals surface area contributed by atoms with Gasteiger partial charge in [0.05, 0.1) is 4.88 Å². The highest BCUT2D eigenvalue weighted by molar-refractivity contribution is 7.12. The van der Waals surface area contributed by atoms with Crippen LogP contribution in [0, 0.1) is 11.8 Å². The van der Waals surface area contributed by atoms with E-state index >= 15 is 0 Å². The van der Waals surface area contributed by atoms with E-state index in [9.17, 15) is 4.79 Å². The number of rotatable bonds is 6. The number of nitrogens with one attached hydrogen (secondary N) is 2. The molecule has 6 heteroatoms. The molecule has 1 fully saturated rings. The summed E-state index contributed by atoms with van der Waals surface area (Å²) in [4.78, 5) is 19.8. The molecule has 24 heavy (non-hydrogen) atoms. The molecular formula is C18H30N4OS. The maximum absolute atomic E-state index is 11.9. The lowest BCUT2D eigenvalue weighted by Gasteiger charge is -2.37. The molecule has 1 aromatic heterocycles. The van der Waals surface area contributed by atoms with E-state index in [1.807, 2.05) is 17.5 Å². The number of carbonyl (C=O) groups excluding carboxylic acids is 1. The number of piperidine rings is 1. The Labute approximate surface area is 149 Å². The molecule has 1 aliphatic rings. The Kier molecular flexibility index (Phi) is 7.56. The van der Waals surface area contributed by atoms with Crippen molar-refractivity contribution in [3.8, 4) is 0 Å². The third-order valence-electron chi connectivity index (χ3n) is 4.13. The molecule has 0 aliphatic carbocycles. The molecule has 1 aliphatic heterocycles. The summed E-state index contributed by atoms with van der Waals surface area (Å²) in [6.07, 6.45) is 2.15. The Morgan fingerprint density at radius 1 is 1.33 bits per heavy atom. The van der Waals surface area contributed by atoms with Gasteiger partial charge in [-0.1, -0.05) is 19.9 Å². The Balaban J connectivity index is 1.77. The topological polar surface area (TPSA) is 56.7 Å². The second-order valence-electron chi connectivity index (χ2n) is 6.67. The second kappa shape index (κ2) is 9.67. The zero-order chi connectivity index (χ0) is 17.4. The lowest BCUT2D eigenvalue weighted by Crippen LogP contribution is -2.48. The number of hydrogen-bond donors (Lipinski definition) is 2. The smallest absolute Gasteiger partial charge is 0.261 e. The summed E-state index contributed by atoms with van der Waals surface area (Å²) in [5.41, 5.74) is 0. The molecule has 0 radical (unpaired) electrons. The SMILES string of the molecule is CCNC(=NCCCNC(=O)c1cccs1)N1CC(C)CC(C)C1. The molecule has 2 unspecified atom stereocenters. The molecule has 0 bridgehead atoms. The summed E-state index contributed by atoms with van der Waals surface area (Å²) in [5, 5.41) is 8.28. The van der Waals surface area contributed by atoms with Crippen molar-refractivity contribution in [1.82, 2.24) is 15.5 Å². The van der Waals surface area contributed by atoms with Crippen molar-refractivity contribution in [3.63, 3.8) is 0 Å². The number of thiophene rings is 1. The van der Waals surface area contributed by atoms with Gasteiger partial charge in [-0.05, 0) is 43.0 Å². The maximum Gasteiger partial charge on any atom is 0.261 e. The number of carbonyl (C=O) groups is 1. The van der Waals surface area contributed by atoms with E-state index in [0.717, 1.165) is 43.4 Å².